The Morgan fingerprint density at radius 1 is 1.59 bits per heavy atom. The van der Waals surface area contributed by atoms with Crippen molar-refractivity contribution < 1.29 is 30.7 Å². The summed E-state index contributed by atoms with van der Waals surface area (Å²) < 4.78 is 84.1. The summed E-state index contributed by atoms with van der Waals surface area (Å²) in [6.07, 6.45) is 0.278. The molecule has 1 unspecified atom stereocenters. The van der Waals surface area contributed by atoms with E-state index in [-0.39, 0.29) is 17.0 Å². The van der Waals surface area contributed by atoms with E-state index in [1.807, 2.05) is 0 Å². The molecule has 0 aromatic heterocycles. The van der Waals surface area contributed by atoms with Gasteiger partial charge in [-0.15, -0.1) is 0 Å². The van der Waals surface area contributed by atoms with E-state index in [1.165, 1.54) is 13.0 Å². The molecule has 0 aliphatic rings. The highest BCUT2D eigenvalue weighted by Gasteiger charge is 2.28. The lowest BCUT2D eigenvalue weighted by Gasteiger charge is -2.31. The van der Waals surface area contributed by atoms with Crippen LogP contribution in [0, 0.1) is 6.92 Å². The molecule has 1 atom stereocenters. The molecule has 0 spiro atoms. The van der Waals surface area contributed by atoms with Gasteiger partial charge in [0.05, 0.1) is 22.4 Å². The van der Waals surface area contributed by atoms with Crippen LogP contribution in [-0.2, 0) is 26.1 Å². The fraction of sp³-hybridized carbons (Fsp3) is 0.533. The number of nitrogens with zero attached hydrogens (tertiary/aromatic N) is 1. The zero-order valence-electron chi connectivity index (χ0n) is 18.6. The molecule has 1 amide bonds. The van der Waals surface area contributed by atoms with Gasteiger partial charge in [-0.05, 0) is 31.3 Å². The number of anilines is 1. The largest absolute Gasteiger partial charge is 0.383 e. The number of amides is 1. The third-order valence-electron chi connectivity index (χ3n) is 2.90. The second-order valence-electron chi connectivity index (χ2n) is 4.55. The Balaban J connectivity index is 3.99. The van der Waals surface area contributed by atoms with Gasteiger partial charge in [-0.25, -0.2) is 0 Å². The Hall–Kier alpha value is -1.44. The quantitative estimate of drug-likeness (QED) is 0.768. The van der Waals surface area contributed by atoms with Crippen LogP contribution in [0.25, 0.3) is 0 Å². The Bertz CT molecular complexity index is 842. The number of methoxy groups -OCH3 is 1. The highest BCUT2D eigenvalue weighted by molar-refractivity contribution is 7.86. The minimum absolute atomic E-state index is 0.120. The summed E-state index contributed by atoms with van der Waals surface area (Å²) in [4.78, 5) is 13.1. The van der Waals surface area contributed by atoms with Crippen molar-refractivity contribution in [1.29, 1.82) is 0 Å². The van der Waals surface area contributed by atoms with E-state index in [0.29, 0.717) is 11.1 Å². The molecule has 1 rings (SSSR count). The van der Waals surface area contributed by atoms with Crippen molar-refractivity contribution in [1.82, 2.24) is 0 Å². The van der Waals surface area contributed by atoms with E-state index in [9.17, 15) is 13.2 Å². The van der Waals surface area contributed by atoms with Crippen LogP contribution in [0.2, 0.25) is 0 Å². The lowest BCUT2D eigenvalue weighted by atomic mass is 10.0. The number of carbonyl (C=O) groups is 1. The summed E-state index contributed by atoms with van der Waals surface area (Å²) in [6, 6.07) is 1.31. The maximum Gasteiger partial charge on any atom is 0.274 e. The van der Waals surface area contributed by atoms with E-state index in [1.54, 1.807) is 19.1 Å². The zero-order chi connectivity index (χ0) is 22.1. The van der Waals surface area contributed by atoms with Crippen LogP contribution < -0.4 is 4.90 Å². The lowest BCUT2D eigenvalue weighted by molar-refractivity contribution is -0.117. The van der Waals surface area contributed by atoms with Crippen LogP contribution in [0.3, 0.4) is 0 Å². The van der Waals surface area contributed by atoms with Gasteiger partial charge in [0.25, 0.3) is 10.1 Å². The molecule has 0 radical (unpaired) electrons. The van der Waals surface area contributed by atoms with Crippen LogP contribution >= 0.6 is 0 Å². The Kier molecular flexibility index (Phi) is 3.91. The van der Waals surface area contributed by atoms with Gasteiger partial charge in [-0.1, -0.05) is 25.1 Å². The van der Waals surface area contributed by atoms with Crippen LogP contribution in [0.5, 0.6) is 0 Å². The first-order valence-electron chi connectivity index (χ1n) is 9.45. The highest BCUT2D eigenvalue weighted by Crippen LogP contribution is 2.28. The summed E-state index contributed by atoms with van der Waals surface area (Å²) in [5.41, 5.74) is 0.581. The second kappa shape index (κ2) is 7.71. The fourth-order valence-electron chi connectivity index (χ4n) is 2.05. The van der Waals surface area contributed by atoms with Gasteiger partial charge < -0.3 is 9.64 Å². The molecule has 22 heavy (non-hydrogen) atoms. The predicted octanol–water partition coefficient (Wildman–Crippen LogP) is 1.81. The fourth-order valence-corrected chi connectivity index (χ4v) is 2.49. The summed E-state index contributed by atoms with van der Waals surface area (Å²) in [6.45, 7) is -3.48. The Morgan fingerprint density at radius 2 is 2.27 bits per heavy atom. The summed E-state index contributed by atoms with van der Waals surface area (Å²) in [5, 5.41) is 0. The molecule has 0 heterocycles. The first kappa shape index (κ1) is 11.2. The molecule has 1 aromatic carbocycles. The topological polar surface area (TPSA) is 83.9 Å². The smallest absolute Gasteiger partial charge is 0.274 e. The number of rotatable bonds is 7. The number of carbonyl (C=O) groups excluding carboxylic acids is 1. The van der Waals surface area contributed by atoms with E-state index in [4.69, 9.17) is 12.8 Å². The molecule has 7 heteroatoms. The van der Waals surface area contributed by atoms with Gasteiger partial charge in [0.15, 0.2) is 5.75 Å². The SMILES string of the molecule is [2H]C([2H])([2H])C([2H])(N(C(=O)CS(=O)(=O)O)c1c(C)cccc1CC)C([2H])([2H])OC. The number of ether oxygens (including phenoxy) is 1. The van der Waals surface area contributed by atoms with Crippen molar-refractivity contribution in [3.8, 4) is 0 Å². The third kappa shape index (κ3) is 4.79. The molecule has 0 saturated heterocycles. The zero-order valence-corrected chi connectivity index (χ0v) is 13.4. The minimum atomic E-state index is -4.89. The first-order valence-corrected chi connectivity index (χ1v) is 8.06. The van der Waals surface area contributed by atoms with Gasteiger partial charge in [-0.2, -0.15) is 8.42 Å². The normalized spacial score (nSPS) is 19.6. The van der Waals surface area contributed by atoms with E-state index in [2.05, 4.69) is 4.74 Å². The van der Waals surface area contributed by atoms with Gasteiger partial charge in [0.1, 0.15) is 0 Å². The Morgan fingerprint density at radius 3 is 2.77 bits per heavy atom. The molecule has 1 N–H and O–H groups in total. The maximum absolute atomic E-state index is 12.8. The lowest BCUT2D eigenvalue weighted by Crippen LogP contribution is -2.45. The monoisotopic (exact) mass is 335 g/mol. The maximum atomic E-state index is 12.8. The van der Waals surface area contributed by atoms with Crippen molar-refractivity contribution in [3.05, 3.63) is 29.3 Å². The summed E-state index contributed by atoms with van der Waals surface area (Å²) in [7, 11) is -4.06. The molecule has 0 saturated carbocycles. The Labute approximate surface area is 140 Å². The van der Waals surface area contributed by atoms with Crippen LogP contribution in [0.1, 0.15) is 33.1 Å². The highest BCUT2D eigenvalue weighted by atomic mass is 32.2. The standard InChI is InChI=1S/C15H23NO5S/c1-5-13-8-6-7-11(2)15(13)16(12(3)9-21-4)14(17)10-22(18,19)20/h6-8,12H,5,9-10H2,1-4H3,(H,18,19,20)/i3D3,9D2,12D. The average Bonchev–Trinajstić information content (AvgIpc) is 2.53. The first-order chi connectivity index (χ1) is 12.5. The van der Waals surface area contributed by atoms with Crippen LogP contribution in [0.4, 0.5) is 5.69 Å². The molecule has 0 fully saturated rings. The second-order valence-corrected chi connectivity index (χ2v) is 6.00. The molecular formula is C15H23NO5S. The van der Waals surface area contributed by atoms with E-state index < -0.39 is 41.2 Å². The van der Waals surface area contributed by atoms with Gasteiger partial charge >= 0.3 is 0 Å². The van der Waals surface area contributed by atoms with Crippen molar-refractivity contribution in [2.75, 3.05) is 24.3 Å². The molecule has 6 nitrogen and oxygen atoms in total. The van der Waals surface area contributed by atoms with Crippen molar-refractivity contribution in [2.24, 2.45) is 0 Å². The van der Waals surface area contributed by atoms with Crippen molar-refractivity contribution in [2.45, 2.75) is 33.1 Å². The van der Waals surface area contributed by atoms with E-state index >= 15 is 0 Å². The summed E-state index contributed by atoms with van der Waals surface area (Å²) in [5.74, 6) is -3.00. The van der Waals surface area contributed by atoms with Gasteiger partial charge in [0, 0.05) is 11.2 Å². The number of aryl methyl sites for hydroxylation is 2. The summed E-state index contributed by atoms with van der Waals surface area (Å²) >= 11 is 0. The van der Waals surface area contributed by atoms with Crippen molar-refractivity contribution >= 4 is 21.7 Å². The molecule has 0 bridgehead atoms. The van der Waals surface area contributed by atoms with Crippen LogP contribution in [-0.4, -0.2) is 44.3 Å². The predicted molar refractivity (Wildman–Crippen MR) is 85.8 cm³/mol. The third-order valence-corrected chi connectivity index (χ3v) is 3.52. The van der Waals surface area contributed by atoms with Gasteiger partial charge in [0.2, 0.25) is 5.91 Å². The molecule has 0 aliphatic heterocycles. The van der Waals surface area contributed by atoms with Crippen molar-refractivity contribution in [3.63, 3.8) is 0 Å². The number of para-hydroxylation sites is 1. The number of hydrogen-bond donors (Lipinski definition) is 1. The number of hydrogen-bond acceptors (Lipinski definition) is 4. The van der Waals surface area contributed by atoms with Gasteiger partial charge in [-0.3, -0.25) is 9.35 Å². The molecule has 1 aromatic rings. The molecular weight excluding hydrogens is 306 g/mol. The van der Waals surface area contributed by atoms with E-state index in [0.717, 1.165) is 7.11 Å². The minimum Gasteiger partial charge on any atom is -0.383 e. The molecule has 0 aliphatic carbocycles. The molecule has 124 valence electrons. The average molecular weight is 335 g/mol. The van der Waals surface area contributed by atoms with Crippen LogP contribution in [0.15, 0.2) is 18.2 Å². The number of benzene rings is 1.